The lowest BCUT2D eigenvalue weighted by atomic mass is 9.93. The number of Topliss-reactive ketones (excluding diaryl/α,β-unsaturated/α-hetero) is 2. The molecule has 3 aromatic rings. The summed E-state index contributed by atoms with van der Waals surface area (Å²) in [7, 11) is 1.61. The number of carbonyl (C=O) groups is 2. The van der Waals surface area contributed by atoms with Crippen molar-refractivity contribution < 1.29 is 14.3 Å². The quantitative estimate of drug-likeness (QED) is 0.608. The van der Waals surface area contributed by atoms with Crippen LogP contribution in [0.5, 0.6) is 5.75 Å². The highest BCUT2D eigenvalue weighted by Gasteiger charge is 2.37. The summed E-state index contributed by atoms with van der Waals surface area (Å²) in [6, 6.07) is 22.2. The normalized spacial score (nSPS) is 16.9. The molecule has 0 N–H and O–H groups in total. The van der Waals surface area contributed by atoms with Gasteiger partial charge in [0.1, 0.15) is 5.75 Å². The minimum Gasteiger partial charge on any atom is -0.497 e. The van der Waals surface area contributed by atoms with Crippen LogP contribution < -0.4 is 4.74 Å². The smallest absolute Gasteiger partial charge is 0.176 e. The van der Waals surface area contributed by atoms with E-state index in [0.29, 0.717) is 22.5 Å². The fraction of sp³-hybridized carbons (Fsp3) is 0.125. The summed E-state index contributed by atoms with van der Waals surface area (Å²) in [5, 5.41) is 0. The third kappa shape index (κ3) is 3.14. The van der Waals surface area contributed by atoms with Crippen LogP contribution in [0.4, 0.5) is 5.69 Å². The Morgan fingerprint density at radius 1 is 0.929 bits per heavy atom. The minimum absolute atomic E-state index is 0.0170. The molecule has 0 saturated heterocycles. The van der Waals surface area contributed by atoms with Crippen molar-refractivity contribution in [2.45, 2.75) is 12.8 Å². The third-order valence-electron chi connectivity index (χ3n) is 4.96. The fourth-order valence-electron chi connectivity index (χ4n) is 3.52. The summed E-state index contributed by atoms with van der Waals surface area (Å²) in [4.78, 5) is 29.7. The molecule has 0 unspecified atom stereocenters. The van der Waals surface area contributed by atoms with Gasteiger partial charge in [0, 0.05) is 16.7 Å². The molecule has 0 aliphatic heterocycles. The second kappa shape index (κ2) is 7.24. The lowest BCUT2D eigenvalue weighted by Gasteiger charge is -2.12. The molecular weight excluding hydrogens is 350 g/mol. The van der Waals surface area contributed by atoms with Crippen LogP contribution >= 0.6 is 0 Å². The molecule has 0 saturated carbocycles. The molecule has 4 nitrogen and oxygen atoms in total. The maximum atomic E-state index is 13.2. The highest BCUT2D eigenvalue weighted by molar-refractivity contribution is 6.32. The number of methoxy groups -OCH3 is 1. The molecule has 0 heterocycles. The number of benzene rings is 3. The van der Waals surface area contributed by atoms with Crippen molar-refractivity contribution >= 4 is 23.0 Å². The van der Waals surface area contributed by atoms with E-state index in [1.807, 2.05) is 54.6 Å². The predicted molar refractivity (Wildman–Crippen MR) is 109 cm³/mol. The maximum Gasteiger partial charge on any atom is 0.176 e. The Kier molecular flexibility index (Phi) is 4.62. The molecule has 1 aliphatic carbocycles. The third-order valence-corrected chi connectivity index (χ3v) is 4.96. The molecule has 1 aliphatic rings. The van der Waals surface area contributed by atoms with E-state index in [1.165, 1.54) is 6.92 Å². The van der Waals surface area contributed by atoms with E-state index in [0.717, 1.165) is 16.9 Å². The summed E-state index contributed by atoms with van der Waals surface area (Å²) >= 11 is 0. The number of hydrogen-bond acceptors (Lipinski definition) is 4. The summed E-state index contributed by atoms with van der Waals surface area (Å²) < 4.78 is 5.23. The van der Waals surface area contributed by atoms with Crippen LogP contribution in [0, 0.1) is 0 Å². The van der Waals surface area contributed by atoms with Gasteiger partial charge in [0.25, 0.3) is 0 Å². The van der Waals surface area contributed by atoms with Crippen LogP contribution in [0.25, 0.3) is 0 Å². The van der Waals surface area contributed by atoms with Gasteiger partial charge in [-0.3, -0.25) is 14.6 Å². The lowest BCUT2D eigenvalue weighted by molar-refractivity contribution is 0.0986. The molecule has 4 heteroatoms. The highest BCUT2D eigenvalue weighted by atomic mass is 16.5. The lowest BCUT2D eigenvalue weighted by Crippen LogP contribution is -2.13. The molecule has 138 valence electrons. The Hall–Kier alpha value is -3.53. The fourth-order valence-corrected chi connectivity index (χ4v) is 3.52. The topological polar surface area (TPSA) is 55.7 Å². The molecule has 28 heavy (non-hydrogen) atoms. The highest BCUT2D eigenvalue weighted by Crippen LogP contribution is 2.36. The zero-order valence-corrected chi connectivity index (χ0v) is 15.7. The molecular formula is C24H19NO3. The van der Waals surface area contributed by atoms with Crippen LogP contribution in [0.2, 0.25) is 0 Å². The summed E-state index contributed by atoms with van der Waals surface area (Å²) in [5.74, 6) is 0.266. The Bertz CT molecular complexity index is 1100. The first-order valence-electron chi connectivity index (χ1n) is 9.05. The largest absolute Gasteiger partial charge is 0.497 e. The maximum absolute atomic E-state index is 13.2. The van der Waals surface area contributed by atoms with Gasteiger partial charge in [-0.05, 0) is 36.8 Å². The minimum atomic E-state index is -0.482. The average Bonchev–Trinajstić information content (AvgIpc) is 3.00. The molecule has 0 aromatic heterocycles. The first-order valence-corrected chi connectivity index (χ1v) is 9.05. The summed E-state index contributed by atoms with van der Waals surface area (Å²) in [6.07, 6.45) is 0. The molecule has 4 rings (SSSR count). The van der Waals surface area contributed by atoms with Gasteiger partial charge in [0.05, 0.1) is 24.4 Å². The second-order valence-electron chi connectivity index (χ2n) is 6.72. The van der Waals surface area contributed by atoms with E-state index in [2.05, 4.69) is 0 Å². The first-order chi connectivity index (χ1) is 13.6. The Labute approximate surface area is 163 Å². The summed E-state index contributed by atoms with van der Waals surface area (Å²) in [5.41, 5.74) is 4.33. The van der Waals surface area contributed by atoms with Crippen molar-refractivity contribution in [3.8, 4) is 5.75 Å². The van der Waals surface area contributed by atoms with Gasteiger partial charge in [-0.2, -0.15) is 0 Å². The van der Waals surface area contributed by atoms with Crippen molar-refractivity contribution in [1.82, 2.24) is 0 Å². The standard InChI is InChI=1S/C24H19NO3/c1-15(26)17-6-5-7-18(14-17)25-23-20-8-3-4-9-21(20)24(27)22(23)16-10-12-19(28-2)13-11-16/h3-14,22H,1-2H3/t22-/m0/s1. The number of aliphatic imine (C=N–C) groups is 1. The Morgan fingerprint density at radius 3 is 2.32 bits per heavy atom. The molecule has 0 radical (unpaired) electrons. The van der Waals surface area contributed by atoms with Gasteiger partial charge in [0.2, 0.25) is 0 Å². The molecule has 1 atom stereocenters. The molecule has 3 aromatic carbocycles. The zero-order chi connectivity index (χ0) is 19.7. The van der Waals surface area contributed by atoms with Gasteiger partial charge in [-0.1, -0.05) is 48.5 Å². The zero-order valence-electron chi connectivity index (χ0n) is 15.7. The monoisotopic (exact) mass is 369 g/mol. The average molecular weight is 369 g/mol. The Morgan fingerprint density at radius 2 is 1.64 bits per heavy atom. The predicted octanol–water partition coefficient (Wildman–Crippen LogP) is 5.00. The van der Waals surface area contributed by atoms with Crippen molar-refractivity contribution in [2.75, 3.05) is 7.11 Å². The van der Waals surface area contributed by atoms with E-state index in [1.54, 1.807) is 25.3 Å². The van der Waals surface area contributed by atoms with Gasteiger partial charge in [0.15, 0.2) is 11.6 Å². The molecule has 0 spiro atoms. The van der Waals surface area contributed by atoms with E-state index in [-0.39, 0.29) is 11.6 Å². The number of fused-ring (bicyclic) bond motifs is 1. The van der Waals surface area contributed by atoms with Crippen molar-refractivity contribution in [3.63, 3.8) is 0 Å². The number of rotatable bonds is 4. The van der Waals surface area contributed by atoms with E-state index in [4.69, 9.17) is 9.73 Å². The van der Waals surface area contributed by atoms with Crippen LogP contribution in [-0.2, 0) is 0 Å². The molecule has 0 amide bonds. The van der Waals surface area contributed by atoms with E-state index >= 15 is 0 Å². The van der Waals surface area contributed by atoms with E-state index in [9.17, 15) is 9.59 Å². The van der Waals surface area contributed by atoms with Gasteiger partial charge in [-0.25, -0.2) is 0 Å². The number of hydrogen-bond donors (Lipinski definition) is 0. The SMILES string of the molecule is COc1ccc([C@@H]2C(=O)c3ccccc3C2=Nc2cccc(C(C)=O)c2)cc1. The first kappa shape index (κ1) is 17.9. The van der Waals surface area contributed by atoms with Crippen LogP contribution in [0.3, 0.4) is 0 Å². The number of carbonyl (C=O) groups excluding carboxylic acids is 2. The van der Waals surface area contributed by atoms with Crippen LogP contribution in [-0.4, -0.2) is 24.4 Å². The van der Waals surface area contributed by atoms with Crippen LogP contribution in [0.15, 0.2) is 77.8 Å². The van der Waals surface area contributed by atoms with Gasteiger partial charge < -0.3 is 4.74 Å². The molecule has 0 bridgehead atoms. The summed E-state index contributed by atoms with van der Waals surface area (Å²) in [6.45, 7) is 1.53. The van der Waals surface area contributed by atoms with E-state index < -0.39 is 5.92 Å². The van der Waals surface area contributed by atoms with Crippen LogP contribution in [0.1, 0.15) is 44.7 Å². The van der Waals surface area contributed by atoms with Gasteiger partial charge >= 0.3 is 0 Å². The van der Waals surface area contributed by atoms with Crippen molar-refractivity contribution in [1.29, 1.82) is 0 Å². The van der Waals surface area contributed by atoms with Crippen molar-refractivity contribution in [3.05, 3.63) is 95.1 Å². The number of ketones is 2. The van der Waals surface area contributed by atoms with Gasteiger partial charge in [-0.15, -0.1) is 0 Å². The Balaban J connectivity index is 1.86. The number of ether oxygens (including phenoxy) is 1. The van der Waals surface area contributed by atoms with Crippen molar-refractivity contribution in [2.24, 2.45) is 4.99 Å². The second-order valence-corrected chi connectivity index (χ2v) is 6.72. The molecule has 0 fully saturated rings. The number of nitrogens with zero attached hydrogens (tertiary/aromatic N) is 1.